The SMILES string of the molecule is O=C(NC1(OCCCCO)CCCc2ccccc2N1C(=O)c1ccccc1)c1ccccc1. The molecule has 3 aromatic rings. The van der Waals surface area contributed by atoms with Crippen molar-refractivity contribution in [2.24, 2.45) is 0 Å². The van der Waals surface area contributed by atoms with Crippen molar-refractivity contribution < 1.29 is 19.4 Å². The molecular weight excluding hydrogens is 428 g/mol. The second-order valence-corrected chi connectivity index (χ2v) is 8.37. The van der Waals surface area contributed by atoms with Gasteiger partial charge in [-0.15, -0.1) is 0 Å². The molecule has 0 bridgehead atoms. The number of aliphatic hydroxyl groups is 1. The van der Waals surface area contributed by atoms with Crippen LogP contribution in [0.15, 0.2) is 84.9 Å². The van der Waals surface area contributed by atoms with Gasteiger partial charge in [0.2, 0.25) is 5.85 Å². The maximum absolute atomic E-state index is 14.0. The predicted molar refractivity (Wildman–Crippen MR) is 132 cm³/mol. The summed E-state index contributed by atoms with van der Waals surface area (Å²) in [5.74, 6) is -1.93. The van der Waals surface area contributed by atoms with Crippen LogP contribution in [0, 0.1) is 0 Å². The Bertz CT molecular complexity index is 1100. The quantitative estimate of drug-likeness (QED) is 0.384. The van der Waals surface area contributed by atoms with Crippen LogP contribution >= 0.6 is 0 Å². The number of amides is 2. The highest BCUT2D eigenvalue weighted by Gasteiger charge is 2.45. The molecule has 1 unspecified atom stereocenters. The number of benzene rings is 3. The first-order valence-corrected chi connectivity index (χ1v) is 11.7. The summed E-state index contributed by atoms with van der Waals surface area (Å²) in [6.45, 7) is 0.346. The highest BCUT2D eigenvalue weighted by Crippen LogP contribution is 2.37. The van der Waals surface area contributed by atoms with Gasteiger partial charge in [-0.2, -0.15) is 0 Å². The Hall–Kier alpha value is -3.48. The van der Waals surface area contributed by atoms with E-state index in [-0.39, 0.29) is 25.0 Å². The number of hydrogen-bond acceptors (Lipinski definition) is 4. The molecule has 2 amide bonds. The fourth-order valence-corrected chi connectivity index (χ4v) is 4.33. The van der Waals surface area contributed by atoms with E-state index in [0.29, 0.717) is 30.4 Å². The number of fused-ring (bicyclic) bond motifs is 1. The number of aryl methyl sites for hydroxylation is 1. The van der Waals surface area contributed by atoms with Crippen LogP contribution in [0.4, 0.5) is 5.69 Å². The molecule has 0 spiro atoms. The maximum Gasteiger partial charge on any atom is 0.262 e. The summed E-state index contributed by atoms with van der Waals surface area (Å²) < 4.78 is 6.42. The van der Waals surface area contributed by atoms with Crippen molar-refractivity contribution in [2.45, 2.75) is 38.0 Å². The van der Waals surface area contributed by atoms with Crippen LogP contribution in [0.25, 0.3) is 0 Å². The molecular formula is C28H30N2O4. The third-order valence-corrected chi connectivity index (χ3v) is 6.02. The Kier molecular flexibility index (Phi) is 7.72. The number of aliphatic hydroxyl groups excluding tert-OH is 1. The molecule has 0 saturated carbocycles. The van der Waals surface area contributed by atoms with Crippen LogP contribution in [0.1, 0.15) is 52.0 Å². The van der Waals surface area contributed by atoms with Crippen LogP contribution in [-0.2, 0) is 11.2 Å². The highest BCUT2D eigenvalue weighted by atomic mass is 16.5. The lowest BCUT2D eigenvalue weighted by molar-refractivity contribution is -0.0690. The van der Waals surface area contributed by atoms with Gasteiger partial charge in [0, 0.05) is 24.2 Å². The number of unbranched alkanes of at least 4 members (excludes halogenated alkanes) is 1. The molecule has 0 saturated heterocycles. The van der Waals surface area contributed by atoms with Gasteiger partial charge in [0.05, 0.1) is 12.3 Å². The zero-order valence-corrected chi connectivity index (χ0v) is 19.2. The van der Waals surface area contributed by atoms with Crippen molar-refractivity contribution in [3.8, 4) is 0 Å². The number of hydrogen-bond donors (Lipinski definition) is 2. The first-order chi connectivity index (χ1) is 16.6. The van der Waals surface area contributed by atoms with Gasteiger partial charge in [0.1, 0.15) is 0 Å². The minimum Gasteiger partial charge on any atom is -0.396 e. The average Bonchev–Trinajstić information content (AvgIpc) is 3.04. The molecule has 3 aromatic carbocycles. The van der Waals surface area contributed by atoms with Crippen molar-refractivity contribution in [1.29, 1.82) is 0 Å². The van der Waals surface area contributed by atoms with E-state index in [1.54, 1.807) is 41.3 Å². The normalized spacial score (nSPS) is 17.5. The van der Waals surface area contributed by atoms with Gasteiger partial charge >= 0.3 is 0 Å². The molecule has 176 valence electrons. The monoisotopic (exact) mass is 458 g/mol. The average molecular weight is 459 g/mol. The zero-order valence-electron chi connectivity index (χ0n) is 19.2. The van der Waals surface area contributed by atoms with E-state index in [4.69, 9.17) is 4.74 Å². The Morgan fingerprint density at radius 3 is 2.24 bits per heavy atom. The van der Waals surface area contributed by atoms with E-state index in [1.165, 1.54) is 0 Å². The van der Waals surface area contributed by atoms with E-state index < -0.39 is 5.85 Å². The molecule has 1 aliphatic rings. The van der Waals surface area contributed by atoms with Gasteiger partial charge in [0.25, 0.3) is 11.8 Å². The fraction of sp³-hybridized carbons (Fsp3) is 0.286. The molecule has 0 aliphatic carbocycles. The Labute approximate surface area is 200 Å². The summed E-state index contributed by atoms with van der Waals surface area (Å²) in [5, 5.41) is 12.3. The highest BCUT2D eigenvalue weighted by molar-refractivity contribution is 6.08. The fourth-order valence-electron chi connectivity index (χ4n) is 4.33. The van der Waals surface area contributed by atoms with Crippen LogP contribution in [0.5, 0.6) is 0 Å². The van der Waals surface area contributed by atoms with E-state index in [9.17, 15) is 14.7 Å². The Morgan fingerprint density at radius 1 is 0.882 bits per heavy atom. The molecule has 2 N–H and O–H groups in total. The van der Waals surface area contributed by atoms with Crippen molar-refractivity contribution in [3.05, 3.63) is 102 Å². The summed E-state index contributed by atoms with van der Waals surface area (Å²) in [6.07, 6.45) is 3.10. The minimum atomic E-state index is -1.37. The lowest BCUT2D eigenvalue weighted by Gasteiger charge is -2.43. The summed E-state index contributed by atoms with van der Waals surface area (Å²) in [5.41, 5.74) is 2.76. The minimum absolute atomic E-state index is 0.0578. The van der Waals surface area contributed by atoms with Crippen LogP contribution < -0.4 is 10.2 Å². The molecule has 6 heteroatoms. The van der Waals surface area contributed by atoms with Gasteiger partial charge in [-0.1, -0.05) is 54.6 Å². The van der Waals surface area contributed by atoms with E-state index in [1.807, 2.05) is 48.5 Å². The summed E-state index contributed by atoms with van der Waals surface area (Å²) in [4.78, 5) is 29.0. The number of anilines is 1. The van der Waals surface area contributed by atoms with Gasteiger partial charge in [-0.25, -0.2) is 0 Å². The second-order valence-electron chi connectivity index (χ2n) is 8.37. The third-order valence-electron chi connectivity index (χ3n) is 6.02. The first-order valence-electron chi connectivity index (χ1n) is 11.7. The molecule has 0 fully saturated rings. The summed E-state index contributed by atoms with van der Waals surface area (Å²) in [7, 11) is 0. The molecule has 1 heterocycles. The number of nitrogens with zero attached hydrogens (tertiary/aromatic N) is 1. The van der Waals surface area contributed by atoms with Gasteiger partial charge in [-0.3, -0.25) is 14.5 Å². The molecule has 1 aliphatic heterocycles. The van der Waals surface area contributed by atoms with E-state index >= 15 is 0 Å². The van der Waals surface area contributed by atoms with E-state index in [0.717, 1.165) is 24.1 Å². The largest absolute Gasteiger partial charge is 0.396 e. The number of rotatable bonds is 8. The van der Waals surface area contributed by atoms with Crippen LogP contribution in [0.3, 0.4) is 0 Å². The second kappa shape index (κ2) is 11.1. The van der Waals surface area contributed by atoms with Crippen molar-refractivity contribution in [2.75, 3.05) is 18.1 Å². The van der Waals surface area contributed by atoms with Gasteiger partial charge in [0.15, 0.2) is 0 Å². The van der Waals surface area contributed by atoms with Crippen LogP contribution in [0.2, 0.25) is 0 Å². The lowest BCUT2D eigenvalue weighted by atomic mass is 10.1. The van der Waals surface area contributed by atoms with Gasteiger partial charge < -0.3 is 15.2 Å². The number of nitrogens with one attached hydrogen (secondary N) is 1. The number of para-hydroxylation sites is 1. The number of carbonyl (C=O) groups is 2. The smallest absolute Gasteiger partial charge is 0.262 e. The Morgan fingerprint density at radius 2 is 1.53 bits per heavy atom. The maximum atomic E-state index is 14.0. The molecule has 0 radical (unpaired) electrons. The molecule has 6 nitrogen and oxygen atoms in total. The zero-order chi connectivity index (χ0) is 23.8. The van der Waals surface area contributed by atoms with Gasteiger partial charge in [-0.05, 0) is 61.6 Å². The molecule has 4 rings (SSSR count). The summed E-state index contributed by atoms with van der Waals surface area (Å²) in [6, 6.07) is 25.8. The number of ether oxygens (including phenoxy) is 1. The molecule has 34 heavy (non-hydrogen) atoms. The predicted octanol–water partition coefficient (Wildman–Crippen LogP) is 4.54. The molecule has 0 aromatic heterocycles. The van der Waals surface area contributed by atoms with Crippen molar-refractivity contribution >= 4 is 17.5 Å². The van der Waals surface area contributed by atoms with Crippen molar-refractivity contribution in [3.63, 3.8) is 0 Å². The third kappa shape index (κ3) is 5.19. The number of carbonyl (C=O) groups excluding carboxylic acids is 2. The van der Waals surface area contributed by atoms with Crippen molar-refractivity contribution in [1.82, 2.24) is 5.32 Å². The van der Waals surface area contributed by atoms with E-state index in [2.05, 4.69) is 5.32 Å². The first kappa shape index (κ1) is 23.7. The topological polar surface area (TPSA) is 78.9 Å². The lowest BCUT2D eigenvalue weighted by Crippen LogP contribution is -2.64. The van der Waals surface area contributed by atoms with Crippen LogP contribution in [-0.4, -0.2) is 36.0 Å². The standard InChI is InChI=1S/C28H30N2O4/c31-20-9-10-21-34-28(29-26(32)23-13-3-1-4-14-23)19-11-17-22-12-7-8-18-25(22)30(28)27(33)24-15-5-2-6-16-24/h1-8,12-16,18,31H,9-11,17,19-21H2,(H,29,32). The molecule has 1 atom stereocenters. The Balaban J connectivity index is 1.80. The summed E-state index contributed by atoms with van der Waals surface area (Å²) >= 11 is 0.